The van der Waals surface area contributed by atoms with Crippen LogP contribution in [0.1, 0.15) is 22.4 Å². The first-order chi connectivity index (χ1) is 17.6. The van der Waals surface area contributed by atoms with E-state index in [1.807, 2.05) is 48.5 Å². The smallest absolute Gasteiger partial charge is 0.262 e. The van der Waals surface area contributed by atoms with Crippen molar-refractivity contribution in [1.29, 1.82) is 0 Å². The van der Waals surface area contributed by atoms with Gasteiger partial charge < -0.3 is 14.8 Å². The van der Waals surface area contributed by atoms with Gasteiger partial charge in [-0.3, -0.25) is 9.36 Å². The molecule has 0 spiro atoms. The normalized spacial score (nSPS) is 15.1. The van der Waals surface area contributed by atoms with Gasteiger partial charge >= 0.3 is 0 Å². The number of aryl methyl sites for hydroxylation is 1. The highest BCUT2D eigenvalue weighted by Crippen LogP contribution is 2.35. The van der Waals surface area contributed by atoms with Crippen molar-refractivity contribution in [1.82, 2.24) is 9.55 Å². The number of rotatable bonds is 6. The SMILES string of the molecule is COc1cccc(NC2CCc3c(sc4ncn(Cc5ccc(OC)c6ccccc56)c(=O)c34)C2)c1. The number of anilines is 1. The van der Waals surface area contributed by atoms with Gasteiger partial charge in [-0.15, -0.1) is 11.3 Å². The van der Waals surface area contributed by atoms with Crippen LogP contribution in [0.3, 0.4) is 0 Å². The molecule has 0 amide bonds. The van der Waals surface area contributed by atoms with E-state index >= 15 is 0 Å². The monoisotopic (exact) mass is 497 g/mol. The van der Waals surface area contributed by atoms with E-state index in [0.29, 0.717) is 12.6 Å². The number of aromatic nitrogens is 2. The predicted octanol–water partition coefficient (Wildman–Crippen LogP) is 5.65. The summed E-state index contributed by atoms with van der Waals surface area (Å²) in [6.07, 6.45) is 4.41. The number of nitrogens with zero attached hydrogens (tertiary/aromatic N) is 2. The molecule has 0 bridgehead atoms. The molecule has 0 aliphatic heterocycles. The molecule has 7 heteroatoms. The molecule has 5 aromatic rings. The third-order valence-electron chi connectivity index (χ3n) is 7.01. The van der Waals surface area contributed by atoms with Crippen LogP contribution in [-0.2, 0) is 19.4 Å². The van der Waals surface area contributed by atoms with Gasteiger partial charge in [-0.2, -0.15) is 0 Å². The van der Waals surface area contributed by atoms with Gasteiger partial charge in [0.1, 0.15) is 16.3 Å². The molecule has 1 unspecified atom stereocenters. The third-order valence-corrected chi connectivity index (χ3v) is 8.17. The van der Waals surface area contributed by atoms with Gasteiger partial charge in [0.25, 0.3) is 5.56 Å². The van der Waals surface area contributed by atoms with Crippen molar-refractivity contribution < 1.29 is 9.47 Å². The van der Waals surface area contributed by atoms with E-state index in [4.69, 9.17) is 14.5 Å². The number of benzene rings is 3. The minimum atomic E-state index is 0.0385. The summed E-state index contributed by atoms with van der Waals surface area (Å²) in [6, 6.07) is 20.5. The maximum atomic E-state index is 13.6. The van der Waals surface area contributed by atoms with Crippen molar-refractivity contribution in [3.8, 4) is 11.5 Å². The molecule has 3 aromatic carbocycles. The topological polar surface area (TPSA) is 65.4 Å². The van der Waals surface area contributed by atoms with Crippen molar-refractivity contribution in [3.05, 3.63) is 93.3 Å². The second-order valence-electron chi connectivity index (χ2n) is 9.15. The molecule has 2 aromatic heterocycles. The van der Waals surface area contributed by atoms with E-state index in [-0.39, 0.29) is 5.56 Å². The van der Waals surface area contributed by atoms with Crippen LogP contribution in [-0.4, -0.2) is 29.8 Å². The summed E-state index contributed by atoms with van der Waals surface area (Å²) in [6.45, 7) is 0.469. The minimum Gasteiger partial charge on any atom is -0.497 e. The predicted molar refractivity (Wildman–Crippen MR) is 146 cm³/mol. The molecule has 1 aliphatic rings. The molecule has 0 saturated heterocycles. The van der Waals surface area contributed by atoms with Crippen LogP contribution in [0.25, 0.3) is 21.0 Å². The average Bonchev–Trinajstić information content (AvgIpc) is 3.29. The van der Waals surface area contributed by atoms with Crippen LogP contribution >= 0.6 is 11.3 Å². The second-order valence-corrected chi connectivity index (χ2v) is 10.2. The molecular weight excluding hydrogens is 470 g/mol. The highest BCUT2D eigenvalue weighted by atomic mass is 32.1. The van der Waals surface area contributed by atoms with Crippen molar-refractivity contribution >= 4 is 38.0 Å². The van der Waals surface area contributed by atoms with E-state index in [9.17, 15) is 4.79 Å². The lowest BCUT2D eigenvalue weighted by molar-refractivity contribution is 0.415. The largest absolute Gasteiger partial charge is 0.497 e. The Hall–Kier alpha value is -3.84. The summed E-state index contributed by atoms with van der Waals surface area (Å²) < 4.78 is 12.6. The van der Waals surface area contributed by atoms with Gasteiger partial charge in [0, 0.05) is 34.5 Å². The van der Waals surface area contributed by atoms with Crippen LogP contribution in [0.15, 0.2) is 71.8 Å². The van der Waals surface area contributed by atoms with Gasteiger partial charge in [-0.05, 0) is 47.6 Å². The van der Waals surface area contributed by atoms with Crippen molar-refractivity contribution in [2.75, 3.05) is 19.5 Å². The number of thiophene rings is 1. The molecule has 182 valence electrons. The second kappa shape index (κ2) is 9.32. The number of hydrogen-bond donors (Lipinski definition) is 1. The fraction of sp³-hybridized carbons (Fsp3) is 0.241. The number of fused-ring (bicyclic) bond motifs is 4. The highest BCUT2D eigenvalue weighted by molar-refractivity contribution is 7.18. The lowest BCUT2D eigenvalue weighted by atomic mass is 9.93. The Morgan fingerprint density at radius 1 is 1.06 bits per heavy atom. The van der Waals surface area contributed by atoms with Gasteiger partial charge in [0.2, 0.25) is 0 Å². The van der Waals surface area contributed by atoms with Crippen molar-refractivity contribution in [2.45, 2.75) is 31.8 Å². The van der Waals surface area contributed by atoms with Crippen molar-refractivity contribution in [3.63, 3.8) is 0 Å². The van der Waals surface area contributed by atoms with Crippen LogP contribution in [0.5, 0.6) is 11.5 Å². The Bertz CT molecular complexity index is 1640. The van der Waals surface area contributed by atoms with E-state index in [2.05, 4.69) is 17.4 Å². The van der Waals surface area contributed by atoms with Crippen LogP contribution in [0.2, 0.25) is 0 Å². The fourth-order valence-electron chi connectivity index (χ4n) is 5.22. The Kier molecular flexibility index (Phi) is 5.85. The number of nitrogens with one attached hydrogen (secondary N) is 1. The lowest BCUT2D eigenvalue weighted by Crippen LogP contribution is -2.27. The zero-order chi connectivity index (χ0) is 24.6. The molecule has 6 nitrogen and oxygen atoms in total. The molecule has 1 atom stereocenters. The first-order valence-electron chi connectivity index (χ1n) is 12.1. The minimum absolute atomic E-state index is 0.0385. The molecule has 2 heterocycles. The van der Waals surface area contributed by atoms with Gasteiger partial charge in [0.05, 0.1) is 32.5 Å². The molecule has 36 heavy (non-hydrogen) atoms. The van der Waals surface area contributed by atoms with Crippen molar-refractivity contribution in [2.24, 2.45) is 0 Å². The Morgan fingerprint density at radius 2 is 1.92 bits per heavy atom. The quantitative estimate of drug-likeness (QED) is 0.329. The van der Waals surface area contributed by atoms with E-state index in [1.165, 1.54) is 10.4 Å². The third kappa shape index (κ3) is 3.99. The van der Waals surface area contributed by atoms with Crippen LogP contribution in [0, 0.1) is 0 Å². The summed E-state index contributed by atoms with van der Waals surface area (Å²) in [7, 11) is 3.36. The lowest BCUT2D eigenvalue weighted by Gasteiger charge is -2.24. The summed E-state index contributed by atoms with van der Waals surface area (Å²) in [5, 5.41) is 6.56. The van der Waals surface area contributed by atoms with Crippen LogP contribution in [0.4, 0.5) is 5.69 Å². The molecule has 6 rings (SSSR count). The summed E-state index contributed by atoms with van der Waals surface area (Å²) in [5.41, 5.74) is 3.33. The van der Waals surface area contributed by atoms with E-state index in [0.717, 1.165) is 63.0 Å². The van der Waals surface area contributed by atoms with Gasteiger partial charge in [0.15, 0.2) is 0 Å². The number of ether oxygens (including phenoxy) is 2. The van der Waals surface area contributed by atoms with Crippen LogP contribution < -0.4 is 20.3 Å². The van der Waals surface area contributed by atoms with E-state index < -0.39 is 0 Å². The Morgan fingerprint density at radius 3 is 2.75 bits per heavy atom. The maximum Gasteiger partial charge on any atom is 0.262 e. The average molecular weight is 498 g/mol. The molecular formula is C29H27N3O3S. The molecule has 0 saturated carbocycles. The summed E-state index contributed by atoms with van der Waals surface area (Å²) in [5.74, 6) is 1.67. The number of methoxy groups -OCH3 is 2. The standard InChI is InChI=1S/C29H27N3O3S/c1-34-21-7-5-6-19(14-21)31-20-11-12-24-26(15-20)36-28-27(24)29(33)32(17-30-28)16-18-10-13-25(35-2)23-9-4-3-8-22(18)23/h3-10,13-14,17,20,31H,11-12,15-16H2,1-2H3. The fourth-order valence-corrected chi connectivity index (χ4v) is 6.48. The molecule has 0 radical (unpaired) electrons. The van der Waals surface area contributed by atoms with E-state index in [1.54, 1.807) is 36.5 Å². The highest BCUT2D eigenvalue weighted by Gasteiger charge is 2.25. The summed E-state index contributed by atoms with van der Waals surface area (Å²) in [4.78, 5) is 20.4. The number of hydrogen-bond acceptors (Lipinski definition) is 6. The molecule has 1 aliphatic carbocycles. The van der Waals surface area contributed by atoms with Gasteiger partial charge in [-0.1, -0.05) is 36.4 Å². The zero-order valence-corrected chi connectivity index (χ0v) is 21.1. The first-order valence-corrected chi connectivity index (χ1v) is 12.9. The Balaban J connectivity index is 1.30. The Labute approximate surface area is 213 Å². The first kappa shape index (κ1) is 22.6. The van der Waals surface area contributed by atoms with Gasteiger partial charge in [-0.25, -0.2) is 4.98 Å². The molecule has 1 N–H and O–H groups in total. The molecule has 0 fully saturated rings. The zero-order valence-electron chi connectivity index (χ0n) is 20.3. The summed E-state index contributed by atoms with van der Waals surface area (Å²) >= 11 is 1.65. The maximum absolute atomic E-state index is 13.6.